The Morgan fingerprint density at radius 2 is 1.81 bits per heavy atom. The number of ether oxygens (including phenoxy) is 2. The second-order valence-electron chi connectivity index (χ2n) is 15.0. The lowest BCUT2D eigenvalue weighted by Crippen LogP contribution is -2.62. The van der Waals surface area contributed by atoms with E-state index in [1.54, 1.807) is 45.0 Å². The third kappa shape index (κ3) is 7.92. The fourth-order valence-corrected chi connectivity index (χ4v) is 8.06. The number of nitro benzene ring substituents is 1. The van der Waals surface area contributed by atoms with Gasteiger partial charge in [0, 0.05) is 43.2 Å². The molecule has 0 spiro atoms. The van der Waals surface area contributed by atoms with Crippen LogP contribution in [0.2, 0.25) is 0 Å². The van der Waals surface area contributed by atoms with Crippen LogP contribution < -0.4 is 4.74 Å². The highest BCUT2D eigenvalue weighted by Gasteiger charge is 2.63. The number of allylic oxidation sites excluding steroid dienone is 1. The highest BCUT2D eigenvalue weighted by atomic mass is 16.6. The maximum Gasteiger partial charge on any atom is 0.358 e. The average Bonchev–Trinajstić information content (AvgIpc) is 3.60. The van der Waals surface area contributed by atoms with Crippen molar-refractivity contribution < 1.29 is 44.5 Å². The number of nitrogens with zero attached hydrogens (tertiary/aromatic N) is 5. The molecular formula is C38H47N5O10. The van der Waals surface area contributed by atoms with E-state index in [-0.39, 0.29) is 55.2 Å². The summed E-state index contributed by atoms with van der Waals surface area (Å²) in [4.78, 5) is 30.1. The average molecular weight is 734 g/mol. The van der Waals surface area contributed by atoms with Crippen LogP contribution >= 0.6 is 0 Å². The van der Waals surface area contributed by atoms with Gasteiger partial charge in [-0.3, -0.25) is 10.1 Å². The minimum absolute atomic E-state index is 0.00120. The van der Waals surface area contributed by atoms with Gasteiger partial charge in [-0.05, 0) is 99.8 Å². The van der Waals surface area contributed by atoms with E-state index in [0.717, 1.165) is 12.8 Å². The van der Waals surface area contributed by atoms with Crippen molar-refractivity contribution in [1.82, 2.24) is 15.0 Å². The Labute approximate surface area is 307 Å². The van der Waals surface area contributed by atoms with Crippen molar-refractivity contribution in [3.05, 3.63) is 87.2 Å². The van der Waals surface area contributed by atoms with Crippen molar-refractivity contribution >= 4 is 17.4 Å². The summed E-state index contributed by atoms with van der Waals surface area (Å²) in [5.74, 6) is -3.56. The van der Waals surface area contributed by atoms with Crippen molar-refractivity contribution in [2.24, 2.45) is 22.9 Å². The number of oxime groups is 1. The van der Waals surface area contributed by atoms with Crippen LogP contribution in [0.3, 0.4) is 0 Å². The molecule has 0 radical (unpaired) electrons. The first kappa shape index (κ1) is 37.9. The molecule has 3 aliphatic rings. The molecule has 2 aromatic carbocycles. The molecule has 1 fully saturated rings. The van der Waals surface area contributed by atoms with Crippen LogP contribution in [-0.2, 0) is 16.2 Å². The third-order valence-corrected chi connectivity index (χ3v) is 10.3. The molecule has 1 saturated carbocycles. The number of hydrogen-bond acceptors (Lipinski definition) is 13. The minimum Gasteiger partial charge on any atom is -0.508 e. The van der Waals surface area contributed by atoms with E-state index in [2.05, 4.69) is 21.5 Å². The number of rotatable bonds is 14. The van der Waals surface area contributed by atoms with Crippen LogP contribution in [0.1, 0.15) is 99.3 Å². The number of aliphatic hydroxyl groups excluding tert-OH is 2. The first-order valence-electron chi connectivity index (χ1n) is 18.1. The van der Waals surface area contributed by atoms with Gasteiger partial charge in [-0.1, -0.05) is 29.3 Å². The first-order valence-corrected chi connectivity index (χ1v) is 18.1. The molecule has 15 heteroatoms. The zero-order valence-corrected chi connectivity index (χ0v) is 30.1. The molecule has 0 saturated heterocycles. The van der Waals surface area contributed by atoms with E-state index in [1.807, 2.05) is 0 Å². The molecule has 2 heterocycles. The summed E-state index contributed by atoms with van der Waals surface area (Å²) in [6.07, 6.45) is 7.50. The van der Waals surface area contributed by atoms with Gasteiger partial charge < -0.3 is 34.7 Å². The number of unbranched alkanes of at least 4 members (excludes halogenated alkanes) is 2. The Kier molecular flexibility index (Phi) is 11.2. The summed E-state index contributed by atoms with van der Waals surface area (Å²) in [5.41, 5.74) is 1.67. The molecule has 1 aliphatic heterocycles. The summed E-state index contributed by atoms with van der Waals surface area (Å²) in [7, 11) is 0. The van der Waals surface area contributed by atoms with Gasteiger partial charge >= 0.3 is 5.97 Å². The van der Waals surface area contributed by atoms with Crippen molar-refractivity contribution in [3.63, 3.8) is 0 Å². The molecule has 284 valence electrons. The Morgan fingerprint density at radius 3 is 2.49 bits per heavy atom. The van der Waals surface area contributed by atoms with Crippen LogP contribution in [0.5, 0.6) is 11.5 Å². The molecule has 0 bridgehead atoms. The minimum atomic E-state index is -1.99. The lowest BCUT2D eigenvalue weighted by atomic mass is 9.55. The van der Waals surface area contributed by atoms with Gasteiger partial charge in [-0.25, -0.2) is 9.48 Å². The van der Waals surface area contributed by atoms with E-state index in [4.69, 9.17) is 14.3 Å². The second kappa shape index (κ2) is 15.6. The normalized spacial score (nSPS) is 25.5. The number of esters is 1. The van der Waals surface area contributed by atoms with E-state index in [9.17, 15) is 35.3 Å². The predicted octanol–water partition coefficient (Wildman–Crippen LogP) is 5.34. The zero-order chi connectivity index (χ0) is 37.9. The van der Waals surface area contributed by atoms with E-state index >= 15 is 0 Å². The molecule has 0 amide bonds. The highest BCUT2D eigenvalue weighted by molar-refractivity contribution is 6.02. The largest absolute Gasteiger partial charge is 0.508 e. The van der Waals surface area contributed by atoms with Gasteiger partial charge in [0.25, 0.3) is 5.69 Å². The summed E-state index contributed by atoms with van der Waals surface area (Å²) in [5, 5.41) is 67.3. The molecule has 15 nitrogen and oxygen atoms in total. The number of fused-ring (bicyclic) bond motifs is 2. The topological polar surface area (TPSA) is 212 Å². The third-order valence-electron chi connectivity index (χ3n) is 10.3. The maximum absolute atomic E-state index is 13.5. The van der Waals surface area contributed by atoms with E-state index < -0.39 is 40.2 Å². The lowest BCUT2D eigenvalue weighted by molar-refractivity contribution is -0.384. The Hall–Kier alpha value is -4.86. The Balaban J connectivity index is 1.50. The van der Waals surface area contributed by atoms with Crippen LogP contribution in [0.15, 0.2) is 65.5 Å². The van der Waals surface area contributed by atoms with Crippen LogP contribution in [-0.4, -0.2) is 76.6 Å². The van der Waals surface area contributed by atoms with E-state index in [1.165, 1.54) is 29.1 Å². The summed E-state index contributed by atoms with van der Waals surface area (Å²) in [6, 6.07) is 9.70. The number of hydrogen-bond donors (Lipinski definition) is 4. The first-order chi connectivity index (χ1) is 25.3. The van der Waals surface area contributed by atoms with Gasteiger partial charge in [-0.2, -0.15) is 0 Å². The number of aromatic nitrogens is 3. The van der Waals surface area contributed by atoms with Gasteiger partial charge in [-0.15, -0.1) is 5.10 Å². The number of phenols is 1. The summed E-state index contributed by atoms with van der Waals surface area (Å²) in [6.45, 7) is 5.32. The predicted molar refractivity (Wildman–Crippen MR) is 191 cm³/mol. The van der Waals surface area contributed by atoms with Gasteiger partial charge in [0.2, 0.25) is 5.79 Å². The number of carbonyl (C=O) groups is 1. The van der Waals surface area contributed by atoms with Crippen molar-refractivity contribution in [2.75, 3.05) is 13.2 Å². The quantitative estimate of drug-likeness (QED) is 0.0715. The fourth-order valence-electron chi connectivity index (χ4n) is 8.06. The maximum atomic E-state index is 13.5. The smallest absolute Gasteiger partial charge is 0.358 e. The number of aliphatic hydroxyl groups is 3. The molecule has 3 aromatic rings. The Bertz CT molecular complexity index is 1850. The van der Waals surface area contributed by atoms with Crippen molar-refractivity contribution in [3.8, 4) is 11.5 Å². The van der Waals surface area contributed by atoms with Crippen LogP contribution in [0, 0.1) is 27.9 Å². The standard InChI is InChI=1S/C38H47N5O10/c1-37(2,3)53-36(47)31-21-39-41-42(31)33-20-30(40-51-22-23-10-12-25(13-11-23)43(49)50)28-18-24(8-4-6-16-44)27(9-5-7-17-45)34-29-19-26(46)14-15-32(29)52-38(33,48)35(28)34/h10-15,18-19,21,24,27,33-35,44-46,48H,4-9,16-17,20,22H2,1-3H3/t24-,27+,33-,34+,35+,38+/m0/s1. The number of phenolic OH excluding ortho intramolecular Hbond substituents is 1. The second-order valence-corrected chi connectivity index (χ2v) is 15.0. The van der Waals surface area contributed by atoms with Crippen LogP contribution in [0.4, 0.5) is 5.69 Å². The molecular weight excluding hydrogens is 686 g/mol. The lowest BCUT2D eigenvalue weighted by Gasteiger charge is -2.56. The number of nitro groups is 1. The van der Waals surface area contributed by atoms with Gasteiger partial charge in [0.05, 0.1) is 22.7 Å². The molecule has 53 heavy (non-hydrogen) atoms. The Morgan fingerprint density at radius 1 is 1.09 bits per heavy atom. The molecule has 0 unspecified atom stereocenters. The molecule has 4 N–H and O–H groups in total. The molecule has 6 atom stereocenters. The SMILES string of the molecule is CC(C)(C)OC(=O)c1cnnn1[C@H]1CC(=NOCc2ccc([N+](=O)[O-])cc2)C2=C[C@H](CCCCO)[C@@H](CCCCO)[C@@H]3c4cc(O)ccc4O[C@@]1(O)[C@H]23. The number of benzene rings is 2. The number of carbonyl (C=O) groups excluding carboxylic acids is 1. The van der Waals surface area contributed by atoms with Crippen LogP contribution in [0.25, 0.3) is 0 Å². The van der Waals surface area contributed by atoms with Gasteiger partial charge in [0.15, 0.2) is 5.69 Å². The number of aromatic hydroxyl groups is 1. The number of non-ortho nitro benzene ring substituents is 1. The summed E-state index contributed by atoms with van der Waals surface area (Å²) >= 11 is 0. The fraction of sp³-hybridized carbons (Fsp3) is 0.526. The van der Waals surface area contributed by atoms with E-state index in [0.29, 0.717) is 53.8 Å². The molecule has 6 rings (SSSR count). The summed E-state index contributed by atoms with van der Waals surface area (Å²) < 4.78 is 13.6. The molecule has 1 aromatic heterocycles. The van der Waals surface area contributed by atoms with Crippen molar-refractivity contribution in [1.29, 1.82) is 0 Å². The monoisotopic (exact) mass is 733 g/mol. The zero-order valence-electron chi connectivity index (χ0n) is 30.1. The molecule has 2 aliphatic carbocycles. The van der Waals surface area contributed by atoms with Gasteiger partial charge in [0.1, 0.15) is 29.7 Å². The van der Waals surface area contributed by atoms with Crippen molar-refractivity contribution in [2.45, 2.75) is 95.7 Å². The highest BCUT2D eigenvalue weighted by Crippen LogP contribution is 2.62.